The van der Waals surface area contributed by atoms with Gasteiger partial charge in [-0.3, -0.25) is 9.59 Å². The molecule has 0 aliphatic heterocycles. The first-order chi connectivity index (χ1) is 11.5. The standard InChI is InChI=1S/C19H25NO4/c1-10-9-24-16(7-17(21)22)18(10)19(23)20-8-15-13-3-11-2-12(5-13)6-14(15)4-11/h9,11-15H,2-8H2,1H3,(H,20,23)(H,21,22). The van der Waals surface area contributed by atoms with Gasteiger partial charge in [-0.05, 0) is 68.6 Å². The van der Waals surface area contributed by atoms with Crippen molar-refractivity contribution in [1.82, 2.24) is 5.32 Å². The molecule has 1 aromatic rings. The molecule has 4 fully saturated rings. The molecule has 2 N–H and O–H groups in total. The van der Waals surface area contributed by atoms with Gasteiger partial charge in [0, 0.05) is 12.1 Å². The van der Waals surface area contributed by atoms with E-state index in [4.69, 9.17) is 9.52 Å². The first-order valence-corrected chi connectivity index (χ1v) is 9.08. The van der Waals surface area contributed by atoms with Crippen LogP contribution in [0.2, 0.25) is 0 Å². The van der Waals surface area contributed by atoms with Crippen molar-refractivity contribution in [3.05, 3.63) is 23.2 Å². The topological polar surface area (TPSA) is 79.5 Å². The fourth-order valence-corrected chi connectivity index (χ4v) is 5.74. The number of aryl methyl sites for hydroxylation is 1. The van der Waals surface area contributed by atoms with Gasteiger partial charge in [-0.15, -0.1) is 0 Å². The predicted molar refractivity (Wildman–Crippen MR) is 87.7 cm³/mol. The van der Waals surface area contributed by atoms with Gasteiger partial charge in [-0.2, -0.15) is 0 Å². The summed E-state index contributed by atoms with van der Waals surface area (Å²) in [5, 5.41) is 12.0. The summed E-state index contributed by atoms with van der Waals surface area (Å²) < 4.78 is 5.27. The zero-order valence-electron chi connectivity index (χ0n) is 14.1. The highest BCUT2D eigenvalue weighted by Gasteiger charge is 2.48. The van der Waals surface area contributed by atoms with Gasteiger partial charge in [-0.25, -0.2) is 0 Å². The summed E-state index contributed by atoms with van der Waals surface area (Å²) in [7, 11) is 0. The number of hydrogen-bond acceptors (Lipinski definition) is 3. The Kier molecular flexibility index (Phi) is 3.89. The maximum absolute atomic E-state index is 12.6. The van der Waals surface area contributed by atoms with Crippen LogP contribution >= 0.6 is 0 Å². The first-order valence-electron chi connectivity index (χ1n) is 9.08. The molecule has 0 saturated heterocycles. The molecule has 4 saturated carbocycles. The van der Waals surface area contributed by atoms with E-state index in [2.05, 4.69) is 5.32 Å². The molecule has 1 amide bonds. The van der Waals surface area contributed by atoms with Crippen LogP contribution < -0.4 is 5.32 Å². The van der Waals surface area contributed by atoms with Gasteiger partial charge >= 0.3 is 5.97 Å². The molecular weight excluding hydrogens is 306 g/mol. The Labute approximate surface area is 141 Å². The number of aliphatic carboxylic acids is 1. The summed E-state index contributed by atoms with van der Waals surface area (Å²) in [4.78, 5) is 23.5. The molecule has 5 nitrogen and oxygen atoms in total. The van der Waals surface area contributed by atoms with E-state index in [1.165, 1.54) is 38.4 Å². The molecular formula is C19H25NO4. The van der Waals surface area contributed by atoms with E-state index in [0.717, 1.165) is 23.7 Å². The molecule has 5 heteroatoms. The summed E-state index contributed by atoms with van der Waals surface area (Å²) in [6.45, 7) is 2.50. The SMILES string of the molecule is Cc1coc(CC(=O)O)c1C(=O)NCC1C2CC3CC(C2)CC1C3. The van der Waals surface area contributed by atoms with Crippen LogP contribution in [-0.4, -0.2) is 23.5 Å². The molecule has 5 rings (SSSR count). The van der Waals surface area contributed by atoms with E-state index >= 15 is 0 Å². The quantitative estimate of drug-likeness (QED) is 0.869. The van der Waals surface area contributed by atoms with Crippen molar-refractivity contribution in [2.45, 2.75) is 45.4 Å². The first kappa shape index (κ1) is 15.7. The molecule has 0 spiro atoms. The fraction of sp³-hybridized carbons (Fsp3) is 0.684. The Balaban J connectivity index is 1.42. The molecule has 130 valence electrons. The van der Waals surface area contributed by atoms with Crippen LogP contribution in [0.25, 0.3) is 0 Å². The maximum atomic E-state index is 12.6. The lowest BCUT2D eigenvalue weighted by atomic mass is 9.52. The molecule has 1 aromatic heterocycles. The van der Waals surface area contributed by atoms with E-state index in [1.54, 1.807) is 6.92 Å². The van der Waals surface area contributed by atoms with Crippen molar-refractivity contribution in [2.75, 3.05) is 6.54 Å². The number of amides is 1. The van der Waals surface area contributed by atoms with Gasteiger partial charge in [0.15, 0.2) is 0 Å². The minimum absolute atomic E-state index is 0.189. The van der Waals surface area contributed by atoms with Gasteiger partial charge in [0.2, 0.25) is 0 Å². The molecule has 24 heavy (non-hydrogen) atoms. The van der Waals surface area contributed by atoms with E-state index < -0.39 is 5.97 Å². The smallest absolute Gasteiger partial charge is 0.311 e. The molecule has 0 unspecified atom stereocenters. The number of nitrogens with one attached hydrogen (secondary N) is 1. The van der Waals surface area contributed by atoms with Gasteiger partial charge in [-0.1, -0.05) is 0 Å². The highest BCUT2D eigenvalue weighted by molar-refractivity contribution is 5.97. The second-order valence-electron chi connectivity index (χ2n) is 8.09. The molecule has 1 heterocycles. The Bertz CT molecular complexity index is 634. The van der Waals surface area contributed by atoms with Crippen molar-refractivity contribution in [3.63, 3.8) is 0 Å². The summed E-state index contributed by atoms with van der Waals surface area (Å²) in [5.41, 5.74) is 1.11. The largest absolute Gasteiger partial charge is 0.481 e. The zero-order chi connectivity index (χ0) is 16.8. The highest BCUT2D eigenvalue weighted by atomic mass is 16.4. The highest BCUT2D eigenvalue weighted by Crippen LogP contribution is 2.56. The zero-order valence-corrected chi connectivity index (χ0v) is 14.1. The van der Waals surface area contributed by atoms with E-state index in [9.17, 15) is 9.59 Å². The Morgan fingerprint density at radius 1 is 1.17 bits per heavy atom. The molecule has 4 bridgehead atoms. The van der Waals surface area contributed by atoms with E-state index in [1.807, 2.05) is 0 Å². The predicted octanol–water partition coefficient (Wildman–Crippen LogP) is 3.02. The van der Waals surface area contributed by atoms with Gasteiger partial charge in [0.1, 0.15) is 12.2 Å². The van der Waals surface area contributed by atoms with Crippen molar-refractivity contribution in [2.24, 2.45) is 29.6 Å². The molecule has 0 aromatic carbocycles. The minimum atomic E-state index is -0.987. The van der Waals surface area contributed by atoms with Crippen molar-refractivity contribution in [1.29, 1.82) is 0 Å². The molecule has 0 radical (unpaired) electrons. The lowest BCUT2D eigenvalue weighted by Crippen LogP contribution is -2.49. The monoisotopic (exact) mass is 331 g/mol. The van der Waals surface area contributed by atoms with E-state index in [0.29, 0.717) is 23.6 Å². The number of furan rings is 1. The average molecular weight is 331 g/mol. The van der Waals surface area contributed by atoms with Gasteiger partial charge < -0.3 is 14.8 Å². The maximum Gasteiger partial charge on any atom is 0.311 e. The van der Waals surface area contributed by atoms with Crippen LogP contribution in [0.1, 0.15) is 53.8 Å². The van der Waals surface area contributed by atoms with Gasteiger partial charge in [0.25, 0.3) is 5.91 Å². The second-order valence-corrected chi connectivity index (χ2v) is 8.09. The fourth-order valence-electron chi connectivity index (χ4n) is 5.74. The number of carboxylic acid groups (broad SMARTS) is 1. The third-order valence-electron chi connectivity index (χ3n) is 6.51. The van der Waals surface area contributed by atoms with Crippen LogP contribution in [0.4, 0.5) is 0 Å². The average Bonchev–Trinajstić information content (AvgIpc) is 2.85. The number of carbonyl (C=O) groups excluding carboxylic acids is 1. The van der Waals surface area contributed by atoms with E-state index in [-0.39, 0.29) is 18.1 Å². The van der Waals surface area contributed by atoms with Crippen molar-refractivity contribution in [3.8, 4) is 0 Å². The van der Waals surface area contributed by atoms with Crippen LogP contribution in [0.5, 0.6) is 0 Å². The number of carboxylic acids is 1. The van der Waals surface area contributed by atoms with Crippen LogP contribution in [0.3, 0.4) is 0 Å². The van der Waals surface area contributed by atoms with Crippen molar-refractivity contribution < 1.29 is 19.1 Å². The minimum Gasteiger partial charge on any atom is -0.481 e. The summed E-state index contributed by atoms with van der Waals surface area (Å²) in [5.74, 6) is 3.07. The Morgan fingerprint density at radius 2 is 1.79 bits per heavy atom. The molecule has 0 atom stereocenters. The van der Waals surface area contributed by atoms with Crippen LogP contribution in [0.15, 0.2) is 10.7 Å². The number of carbonyl (C=O) groups is 2. The van der Waals surface area contributed by atoms with Crippen LogP contribution in [0, 0.1) is 36.5 Å². The summed E-state index contributed by atoms with van der Waals surface area (Å²) >= 11 is 0. The number of hydrogen-bond donors (Lipinski definition) is 2. The third kappa shape index (κ3) is 2.74. The second kappa shape index (κ2) is 5.94. The normalized spacial score (nSPS) is 33.6. The third-order valence-corrected chi connectivity index (χ3v) is 6.51. The summed E-state index contributed by atoms with van der Waals surface area (Å²) in [6, 6.07) is 0. The summed E-state index contributed by atoms with van der Waals surface area (Å²) in [6.07, 6.45) is 7.99. The lowest BCUT2D eigenvalue weighted by molar-refractivity contribution is -0.136. The Hall–Kier alpha value is -1.78. The Morgan fingerprint density at radius 3 is 2.38 bits per heavy atom. The van der Waals surface area contributed by atoms with Crippen molar-refractivity contribution >= 4 is 11.9 Å². The number of rotatable bonds is 5. The molecule has 4 aliphatic rings. The van der Waals surface area contributed by atoms with Crippen LogP contribution in [-0.2, 0) is 11.2 Å². The molecule has 4 aliphatic carbocycles. The van der Waals surface area contributed by atoms with Gasteiger partial charge in [0.05, 0.1) is 11.8 Å². The lowest BCUT2D eigenvalue weighted by Gasteiger charge is -2.54.